The summed E-state index contributed by atoms with van der Waals surface area (Å²) in [5, 5.41) is 11.7. The molecule has 1 fully saturated rings. The van der Waals surface area contributed by atoms with Gasteiger partial charge in [0.2, 0.25) is 0 Å². The lowest BCUT2D eigenvalue weighted by Gasteiger charge is -2.28. The Balaban J connectivity index is 2.32. The topological polar surface area (TPSA) is 126 Å². The van der Waals surface area contributed by atoms with Crippen molar-refractivity contribution in [3.63, 3.8) is 0 Å². The zero-order valence-corrected chi connectivity index (χ0v) is 18.3. The van der Waals surface area contributed by atoms with Crippen LogP contribution in [0.2, 0.25) is 0 Å². The molecule has 0 bridgehead atoms. The Morgan fingerprint density at radius 1 is 1.22 bits per heavy atom. The number of nitrogens with one attached hydrogen (secondary N) is 1. The van der Waals surface area contributed by atoms with Gasteiger partial charge >= 0.3 is 21.7 Å². The fraction of sp³-hybridized carbons (Fsp3) is 0.526. The molecule has 0 radical (unpaired) electrons. The number of hydrogen-bond donors (Lipinski definition) is 1. The van der Waals surface area contributed by atoms with E-state index in [4.69, 9.17) is 4.74 Å². The molecule has 1 aliphatic heterocycles. The van der Waals surface area contributed by atoms with Gasteiger partial charge < -0.3 is 19.1 Å². The highest BCUT2D eigenvalue weighted by molar-refractivity contribution is 7.88. The average Bonchev–Trinajstić information content (AvgIpc) is 3.12. The summed E-state index contributed by atoms with van der Waals surface area (Å²) < 4.78 is 69.0. The molecule has 1 saturated heterocycles. The highest BCUT2D eigenvalue weighted by atomic mass is 32.2. The zero-order valence-electron chi connectivity index (χ0n) is 17.5. The van der Waals surface area contributed by atoms with Crippen LogP contribution in [0.25, 0.3) is 0 Å². The minimum atomic E-state index is -5.86. The molecule has 0 aromatic heterocycles. The van der Waals surface area contributed by atoms with E-state index in [1.54, 1.807) is 20.8 Å². The van der Waals surface area contributed by atoms with Crippen LogP contribution in [0.3, 0.4) is 0 Å². The van der Waals surface area contributed by atoms with E-state index in [0.717, 1.165) is 24.3 Å². The first kappa shape index (κ1) is 25.3. The van der Waals surface area contributed by atoms with Crippen LogP contribution in [0.15, 0.2) is 24.3 Å². The standard InChI is InChI=1S/C19H22F3N3O6S/c1-18(2,3)30-17(27)24-15(16(26)25-10-4-5-13(25)11-23)12-6-8-14(9-7-12)31-32(28,29)19(20,21)22/h6-9,13,15H,4-5,10H2,1-3H3,(H,24,27). The number of hydrogen-bond acceptors (Lipinski definition) is 7. The minimum absolute atomic E-state index is 0.126. The number of nitrogens with zero attached hydrogens (tertiary/aromatic N) is 2. The second-order valence-corrected chi connectivity index (χ2v) is 9.49. The van der Waals surface area contributed by atoms with Crippen LogP contribution in [0.1, 0.15) is 45.2 Å². The number of rotatable bonds is 5. The Morgan fingerprint density at radius 3 is 2.31 bits per heavy atom. The van der Waals surface area contributed by atoms with Crippen LogP contribution in [-0.2, 0) is 19.6 Å². The van der Waals surface area contributed by atoms with Crippen molar-refractivity contribution in [2.24, 2.45) is 0 Å². The van der Waals surface area contributed by atoms with Crippen molar-refractivity contribution in [1.82, 2.24) is 10.2 Å². The number of alkyl carbamates (subject to hydrolysis) is 1. The van der Waals surface area contributed by atoms with Crippen molar-refractivity contribution in [2.45, 2.75) is 56.8 Å². The highest BCUT2D eigenvalue weighted by Crippen LogP contribution is 2.29. The molecule has 2 amide bonds. The number of carbonyl (C=O) groups excluding carboxylic acids is 2. The van der Waals surface area contributed by atoms with Gasteiger partial charge in [0.15, 0.2) is 0 Å². The highest BCUT2D eigenvalue weighted by Gasteiger charge is 2.48. The first-order valence-corrected chi connectivity index (χ1v) is 10.9. The molecule has 32 heavy (non-hydrogen) atoms. The molecule has 2 atom stereocenters. The first-order valence-electron chi connectivity index (χ1n) is 9.45. The molecule has 13 heteroatoms. The van der Waals surface area contributed by atoms with Crippen LogP contribution < -0.4 is 9.50 Å². The van der Waals surface area contributed by atoms with Crippen LogP contribution in [0.4, 0.5) is 18.0 Å². The second kappa shape index (κ2) is 9.23. The first-order chi connectivity index (χ1) is 14.6. The molecule has 0 spiro atoms. The number of ether oxygens (including phenoxy) is 1. The summed E-state index contributed by atoms with van der Waals surface area (Å²) in [6.07, 6.45) is 0.123. The summed E-state index contributed by atoms with van der Waals surface area (Å²) in [6.45, 7) is 5.13. The third-order valence-electron chi connectivity index (χ3n) is 4.30. The summed E-state index contributed by atoms with van der Waals surface area (Å²) in [5.74, 6) is -1.25. The van der Waals surface area contributed by atoms with E-state index in [1.165, 1.54) is 4.90 Å². The van der Waals surface area contributed by atoms with Crippen LogP contribution in [0, 0.1) is 11.3 Å². The summed E-state index contributed by atoms with van der Waals surface area (Å²) in [7, 11) is -5.86. The van der Waals surface area contributed by atoms with Gasteiger partial charge in [0.25, 0.3) is 5.91 Å². The molecular formula is C19H22F3N3O6S. The number of benzene rings is 1. The second-order valence-electron chi connectivity index (χ2n) is 7.95. The monoisotopic (exact) mass is 477 g/mol. The van der Waals surface area contributed by atoms with Gasteiger partial charge in [-0.2, -0.15) is 26.9 Å². The van der Waals surface area contributed by atoms with Gasteiger partial charge in [0.1, 0.15) is 23.4 Å². The largest absolute Gasteiger partial charge is 0.534 e. The lowest BCUT2D eigenvalue weighted by molar-refractivity contribution is -0.133. The number of amides is 2. The molecule has 0 aliphatic carbocycles. The number of halogens is 3. The van der Waals surface area contributed by atoms with Gasteiger partial charge in [0, 0.05) is 6.54 Å². The number of likely N-dealkylation sites (tertiary alicyclic amines) is 1. The summed E-state index contributed by atoms with van der Waals surface area (Å²) in [6, 6.07) is 4.10. The molecular weight excluding hydrogens is 455 g/mol. The molecule has 176 valence electrons. The number of alkyl halides is 3. The van der Waals surface area contributed by atoms with Crippen LogP contribution in [0.5, 0.6) is 5.75 Å². The van der Waals surface area contributed by atoms with E-state index in [1.807, 2.05) is 6.07 Å². The van der Waals surface area contributed by atoms with E-state index in [9.17, 15) is 36.4 Å². The molecule has 1 N–H and O–H groups in total. The van der Waals surface area contributed by atoms with E-state index in [0.29, 0.717) is 12.8 Å². The molecule has 0 saturated carbocycles. The minimum Gasteiger partial charge on any atom is -0.444 e. The Labute approximate surface area is 183 Å². The predicted octanol–water partition coefficient (Wildman–Crippen LogP) is 3.00. The van der Waals surface area contributed by atoms with Crippen molar-refractivity contribution in [2.75, 3.05) is 6.54 Å². The molecule has 2 rings (SSSR count). The maximum Gasteiger partial charge on any atom is 0.534 e. The van der Waals surface area contributed by atoms with Gasteiger partial charge in [-0.1, -0.05) is 12.1 Å². The fourth-order valence-electron chi connectivity index (χ4n) is 2.93. The maximum atomic E-state index is 13.1. The van der Waals surface area contributed by atoms with Gasteiger partial charge in [-0.15, -0.1) is 0 Å². The number of nitriles is 1. The summed E-state index contributed by atoms with van der Waals surface area (Å²) in [5.41, 5.74) is -6.35. The Bertz CT molecular complexity index is 997. The smallest absolute Gasteiger partial charge is 0.444 e. The van der Waals surface area contributed by atoms with Gasteiger partial charge in [-0.05, 0) is 51.3 Å². The molecule has 1 aromatic rings. The SMILES string of the molecule is CC(C)(C)OC(=O)NC(C(=O)N1CCCC1C#N)c1ccc(OS(=O)(=O)C(F)(F)F)cc1. The fourth-order valence-corrected chi connectivity index (χ4v) is 3.39. The van der Waals surface area contributed by atoms with Crippen molar-refractivity contribution >= 4 is 22.1 Å². The zero-order chi connectivity index (χ0) is 24.3. The van der Waals surface area contributed by atoms with Gasteiger partial charge in [0.05, 0.1) is 6.07 Å². The lowest BCUT2D eigenvalue weighted by Crippen LogP contribution is -2.45. The van der Waals surface area contributed by atoms with E-state index >= 15 is 0 Å². The van der Waals surface area contributed by atoms with Gasteiger partial charge in [-0.25, -0.2) is 4.79 Å². The summed E-state index contributed by atoms with van der Waals surface area (Å²) in [4.78, 5) is 26.7. The maximum absolute atomic E-state index is 13.1. The third kappa shape index (κ3) is 6.25. The van der Waals surface area contributed by atoms with Crippen molar-refractivity contribution in [3.8, 4) is 11.8 Å². The third-order valence-corrected chi connectivity index (χ3v) is 5.27. The molecule has 2 unspecified atom stereocenters. The molecule has 1 heterocycles. The van der Waals surface area contributed by atoms with E-state index < -0.39 is 51.1 Å². The lowest BCUT2D eigenvalue weighted by atomic mass is 10.0. The molecule has 9 nitrogen and oxygen atoms in total. The van der Waals surface area contributed by atoms with Crippen molar-refractivity contribution in [1.29, 1.82) is 5.26 Å². The molecule has 1 aliphatic rings. The van der Waals surface area contributed by atoms with Crippen molar-refractivity contribution in [3.05, 3.63) is 29.8 Å². The van der Waals surface area contributed by atoms with E-state index in [-0.39, 0.29) is 12.1 Å². The van der Waals surface area contributed by atoms with Crippen LogP contribution >= 0.6 is 0 Å². The van der Waals surface area contributed by atoms with E-state index in [2.05, 4.69) is 9.50 Å². The Morgan fingerprint density at radius 2 is 1.81 bits per heavy atom. The quantitative estimate of drug-likeness (QED) is 0.510. The van der Waals surface area contributed by atoms with Gasteiger partial charge in [-0.3, -0.25) is 4.79 Å². The average molecular weight is 477 g/mol. The number of carbonyl (C=O) groups is 2. The summed E-state index contributed by atoms with van der Waals surface area (Å²) >= 11 is 0. The van der Waals surface area contributed by atoms with Crippen molar-refractivity contribution < 1.29 is 40.1 Å². The predicted molar refractivity (Wildman–Crippen MR) is 105 cm³/mol. The Kier molecular flexibility index (Phi) is 7.29. The molecule has 1 aromatic carbocycles. The Hall–Kier alpha value is -3.01. The van der Waals surface area contributed by atoms with Crippen LogP contribution in [-0.4, -0.2) is 49.0 Å². The normalized spacial score (nSPS) is 17.9.